The number of rotatable bonds is 3. The quantitative estimate of drug-likeness (QED) is 0.869. The van der Waals surface area contributed by atoms with Crippen LogP contribution in [0.2, 0.25) is 0 Å². The normalized spacial score (nSPS) is 16.3. The first kappa shape index (κ1) is 15.7. The number of hydrogen-bond acceptors (Lipinski definition) is 3. The van der Waals surface area contributed by atoms with Crippen LogP contribution in [0.15, 0.2) is 29.2 Å². The van der Waals surface area contributed by atoms with E-state index in [9.17, 15) is 32.6 Å². The number of amides is 1. The lowest BCUT2D eigenvalue weighted by atomic mass is 10.2. The van der Waals surface area contributed by atoms with Crippen molar-refractivity contribution in [3.63, 3.8) is 0 Å². The van der Waals surface area contributed by atoms with Gasteiger partial charge in [-0.05, 0) is 24.3 Å². The molecule has 4 nitrogen and oxygen atoms in total. The number of hydrogen-bond donors (Lipinski definition) is 1. The second kappa shape index (κ2) is 3.60. The zero-order chi connectivity index (χ0) is 15.2. The zero-order valence-electron chi connectivity index (χ0n) is 9.24. The third-order valence-corrected chi connectivity index (χ3v) is 3.56. The fourth-order valence-electron chi connectivity index (χ4n) is 1.09. The summed E-state index contributed by atoms with van der Waals surface area (Å²) in [4.78, 5) is 9.07. The first-order chi connectivity index (χ1) is 8.08. The van der Waals surface area contributed by atoms with Crippen molar-refractivity contribution in [1.82, 2.24) is 4.72 Å². The molecule has 0 aliphatic carbocycles. The average molecular weight is 325 g/mol. The predicted molar refractivity (Wildman–Crippen MR) is 60.1 cm³/mol. The van der Waals surface area contributed by atoms with Gasteiger partial charge in [0.2, 0.25) is 10.0 Å². The van der Waals surface area contributed by atoms with Crippen molar-refractivity contribution in [1.29, 1.82) is 0 Å². The van der Waals surface area contributed by atoms with Crippen molar-refractivity contribution in [3.8, 4) is 0 Å². The topological polar surface area (TPSA) is 63.2 Å². The van der Waals surface area contributed by atoms with Gasteiger partial charge in [0.05, 0.1) is 6.26 Å². The Kier molecular flexibility index (Phi) is 2.97. The van der Waals surface area contributed by atoms with Gasteiger partial charge in [-0.2, -0.15) is 0 Å². The second-order valence-electron chi connectivity index (χ2n) is 3.70. The Bertz CT molecular complexity index is 621. The monoisotopic (exact) mass is 325 g/mol. The molecule has 0 atom stereocenters. The Hall–Kier alpha value is -1.36. The first-order valence-corrected chi connectivity index (χ1v) is 8.29. The van der Waals surface area contributed by atoms with Crippen LogP contribution in [-0.4, -0.2) is 20.6 Å². The van der Waals surface area contributed by atoms with Crippen LogP contribution in [0.1, 0.15) is 10.4 Å². The van der Waals surface area contributed by atoms with Crippen molar-refractivity contribution in [2.45, 2.75) is 4.90 Å². The number of carbonyl (C=O) groups is 1. The van der Waals surface area contributed by atoms with Gasteiger partial charge in [-0.1, -0.05) is 19.4 Å². The number of halogens is 5. The molecule has 1 rings (SSSR count). The third-order valence-electron chi connectivity index (χ3n) is 1.84. The van der Waals surface area contributed by atoms with Gasteiger partial charge in [0.25, 0.3) is 5.91 Å². The van der Waals surface area contributed by atoms with E-state index in [0.717, 1.165) is 0 Å². The van der Waals surface area contributed by atoms with Gasteiger partial charge >= 0.3 is 10.2 Å². The van der Waals surface area contributed by atoms with E-state index in [-0.39, 0.29) is 12.1 Å². The van der Waals surface area contributed by atoms with Crippen LogP contribution in [0.5, 0.6) is 0 Å². The van der Waals surface area contributed by atoms with E-state index >= 15 is 0 Å². The maximum Gasteiger partial charge on any atom is 0.310 e. The van der Waals surface area contributed by atoms with Gasteiger partial charge in [-0.25, -0.2) is 13.1 Å². The highest BCUT2D eigenvalue weighted by atomic mass is 32.5. The van der Waals surface area contributed by atoms with Gasteiger partial charge < -0.3 is 0 Å². The molecular weight excluding hydrogens is 317 g/mol. The fraction of sp³-hybridized carbons (Fsp3) is 0.125. The Morgan fingerprint density at radius 2 is 1.47 bits per heavy atom. The molecule has 110 valence electrons. The largest absolute Gasteiger partial charge is 0.310 e. The smallest absolute Gasteiger partial charge is 0.268 e. The van der Waals surface area contributed by atoms with Gasteiger partial charge in [0.15, 0.2) is 0 Å². The molecule has 0 radical (unpaired) electrons. The van der Waals surface area contributed by atoms with Crippen molar-refractivity contribution in [3.05, 3.63) is 29.8 Å². The fourth-order valence-corrected chi connectivity index (χ4v) is 2.20. The van der Waals surface area contributed by atoms with E-state index < -0.39 is 36.6 Å². The number of sulfonamides is 1. The molecule has 1 amide bonds. The average Bonchev–Trinajstić information content (AvgIpc) is 2.11. The highest BCUT2D eigenvalue weighted by molar-refractivity contribution is 8.45. The van der Waals surface area contributed by atoms with Crippen molar-refractivity contribution >= 4 is 26.2 Å². The van der Waals surface area contributed by atoms with Crippen LogP contribution < -0.4 is 4.72 Å². The Labute approximate surface area is 105 Å². The van der Waals surface area contributed by atoms with Crippen LogP contribution in [-0.2, 0) is 10.0 Å². The first-order valence-electron chi connectivity index (χ1n) is 4.45. The molecule has 1 aromatic carbocycles. The molecule has 1 aromatic rings. The summed E-state index contributed by atoms with van der Waals surface area (Å²) in [5, 5.41) is 0. The number of nitrogens with one attached hydrogen (secondary N) is 1. The van der Waals surface area contributed by atoms with Gasteiger partial charge in [-0.15, -0.1) is 0 Å². The lowest BCUT2D eigenvalue weighted by Gasteiger charge is -2.40. The molecule has 0 bridgehead atoms. The van der Waals surface area contributed by atoms with Crippen LogP contribution in [0.3, 0.4) is 0 Å². The molecule has 0 heterocycles. The van der Waals surface area contributed by atoms with E-state index in [0.29, 0.717) is 18.4 Å². The second-order valence-corrected chi connectivity index (χ2v) is 7.85. The molecule has 0 spiro atoms. The van der Waals surface area contributed by atoms with E-state index in [1.54, 1.807) is 0 Å². The van der Waals surface area contributed by atoms with E-state index in [2.05, 4.69) is 0 Å². The molecular formula is C8H8F5NO3S2. The van der Waals surface area contributed by atoms with Crippen LogP contribution in [0.25, 0.3) is 0 Å². The van der Waals surface area contributed by atoms with Crippen LogP contribution >= 0.6 is 10.2 Å². The molecule has 0 aliphatic heterocycles. The van der Waals surface area contributed by atoms with E-state index in [1.165, 1.54) is 4.72 Å². The maximum absolute atomic E-state index is 12.4. The van der Waals surface area contributed by atoms with Gasteiger partial charge in [0.1, 0.15) is 4.90 Å². The van der Waals surface area contributed by atoms with E-state index in [4.69, 9.17) is 0 Å². The zero-order valence-corrected chi connectivity index (χ0v) is 10.9. The molecule has 0 fully saturated rings. The molecule has 0 saturated heterocycles. The standard InChI is InChI=1S/C8H8F5NO3S2/c1-18(16,17)14-8(15)6-2-4-7(5-3-6)19(9,10,11,12)13/h2-5H,1H3,(H,14,15). The summed E-state index contributed by atoms with van der Waals surface area (Å²) in [5.41, 5.74) is -0.490. The number of carbonyl (C=O) groups excluding carboxylic acids is 1. The molecule has 0 unspecified atom stereocenters. The minimum absolute atomic E-state index is 0.0265. The van der Waals surface area contributed by atoms with Crippen molar-refractivity contribution in [2.75, 3.05) is 6.26 Å². The minimum Gasteiger partial charge on any atom is -0.268 e. The highest BCUT2D eigenvalue weighted by Crippen LogP contribution is 3.02. The summed E-state index contributed by atoms with van der Waals surface area (Å²) in [7, 11) is -13.7. The minimum atomic E-state index is -9.79. The Morgan fingerprint density at radius 3 is 1.79 bits per heavy atom. The maximum atomic E-state index is 12.4. The molecule has 0 aromatic heterocycles. The highest BCUT2D eigenvalue weighted by Gasteiger charge is 2.65. The molecule has 0 aliphatic rings. The third kappa shape index (κ3) is 4.67. The Morgan fingerprint density at radius 1 is 1.05 bits per heavy atom. The van der Waals surface area contributed by atoms with Gasteiger partial charge in [0, 0.05) is 5.56 Å². The van der Waals surface area contributed by atoms with Crippen molar-refractivity contribution < 1.29 is 32.6 Å². The molecule has 11 heteroatoms. The summed E-state index contributed by atoms with van der Waals surface area (Å²) < 4.78 is 84.7. The lowest BCUT2D eigenvalue weighted by molar-refractivity contribution is 0.0981. The summed E-state index contributed by atoms with van der Waals surface area (Å²) in [6.07, 6.45) is 0.661. The lowest BCUT2D eigenvalue weighted by Crippen LogP contribution is -2.29. The van der Waals surface area contributed by atoms with Crippen LogP contribution in [0, 0.1) is 0 Å². The predicted octanol–water partition coefficient (Wildman–Crippen LogP) is 3.03. The molecule has 0 saturated carbocycles. The molecule has 19 heavy (non-hydrogen) atoms. The van der Waals surface area contributed by atoms with Crippen molar-refractivity contribution in [2.24, 2.45) is 0 Å². The van der Waals surface area contributed by atoms with Crippen LogP contribution in [0.4, 0.5) is 19.4 Å². The summed E-state index contributed by atoms with van der Waals surface area (Å²) >= 11 is 0. The summed E-state index contributed by atoms with van der Waals surface area (Å²) in [5.74, 6) is -1.21. The SMILES string of the molecule is CS(=O)(=O)NC(=O)c1ccc(S(F)(F)(F)(F)F)cc1. The molecule has 1 N–H and O–H groups in total. The number of benzene rings is 1. The Balaban J connectivity index is 3.13. The van der Waals surface area contributed by atoms with E-state index in [1.807, 2.05) is 0 Å². The van der Waals surface area contributed by atoms with Gasteiger partial charge in [-0.3, -0.25) is 4.79 Å². The summed E-state index contributed by atoms with van der Waals surface area (Å²) in [6.45, 7) is 0. The summed E-state index contributed by atoms with van der Waals surface area (Å²) in [6, 6.07) is 0.985.